The van der Waals surface area contributed by atoms with E-state index in [0.717, 1.165) is 6.07 Å². The van der Waals surface area contributed by atoms with Crippen molar-refractivity contribution in [2.75, 3.05) is 12.3 Å². The monoisotopic (exact) mass is 292 g/mol. The molecule has 1 aromatic carbocycles. The molecule has 0 bridgehead atoms. The first-order valence-electron chi connectivity index (χ1n) is 5.49. The number of amides is 1. The molecule has 0 aliphatic heterocycles. The van der Waals surface area contributed by atoms with Crippen molar-refractivity contribution >= 4 is 15.9 Å². The number of primary sulfonamides is 1. The molecule has 1 amide bonds. The number of halogens is 2. The lowest BCUT2D eigenvalue weighted by molar-refractivity contribution is -0.120. The second-order valence-electron chi connectivity index (χ2n) is 3.96. The number of carbonyl (C=O) groups excluding carboxylic acids is 1. The summed E-state index contributed by atoms with van der Waals surface area (Å²) in [6.45, 7) is 0.103. The summed E-state index contributed by atoms with van der Waals surface area (Å²) in [5.74, 6) is -2.83. The Morgan fingerprint density at radius 2 is 2.00 bits per heavy atom. The van der Waals surface area contributed by atoms with Crippen LogP contribution < -0.4 is 10.5 Å². The first-order valence-corrected chi connectivity index (χ1v) is 7.21. The van der Waals surface area contributed by atoms with Crippen LogP contribution in [0, 0.1) is 11.6 Å². The SMILES string of the molecule is NS(=O)(=O)CCCNC(=O)Cc1cccc(F)c1F. The summed E-state index contributed by atoms with van der Waals surface area (Å²) in [7, 11) is -3.55. The summed E-state index contributed by atoms with van der Waals surface area (Å²) in [6.07, 6.45) is -0.144. The van der Waals surface area contributed by atoms with Crippen LogP contribution in [0.3, 0.4) is 0 Å². The van der Waals surface area contributed by atoms with Gasteiger partial charge in [0.2, 0.25) is 15.9 Å². The van der Waals surface area contributed by atoms with Gasteiger partial charge in [0.15, 0.2) is 11.6 Å². The fourth-order valence-corrected chi connectivity index (χ4v) is 1.97. The van der Waals surface area contributed by atoms with E-state index >= 15 is 0 Å². The lowest BCUT2D eigenvalue weighted by atomic mass is 10.1. The summed E-state index contributed by atoms with van der Waals surface area (Å²) in [6, 6.07) is 3.58. The molecule has 8 heteroatoms. The molecule has 0 spiro atoms. The number of nitrogens with two attached hydrogens (primary N) is 1. The first-order chi connectivity index (χ1) is 8.79. The van der Waals surface area contributed by atoms with E-state index in [-0.39, 0.29) is 30.7 Å². The van der Waals surface area contributed by atoms with Crippen molar-refractivity contribution in [2.45, 2.75) is 12.8 Å². The standard InChI is InChI=1S/C11H14F2N2O3S/c12-9-4-1-3-8(11(9)13)7-10(16)15-5-2-6-19(14,17)18/h1,3-4H,2,5-7H2,(H,15,16)(H2,14,17,18). The molecule has 1 aromatic rings. The van der Waals surface area contributed by atoms with Gasteiger partial charge in [0.25, 0.3) is 0 Å². The van der Waals surface area contributed by atoms with Gasteiger partial charge in [0.1, 0.15) is 0 Å². The summed E-state index contributed by atoms with van der Waals surface area (Å²) < 4.78 is 47.4. The van der Waals surface area contributed by atoms with Gasteiger partial charge >= 0.3 is 0 Å². The van der Waals surface area contributed by atoms with Crippen molar-refractivity contribution in [1.29, 1.82) is 0 Å². The van der Waals surface area contributed by atoms with Crippen LogP contribution in [0.4, 0.5) is 8.78 Å². The van der Waals surface area contributed by atoms with E-state index < -0.39 is 27.6 Å². The lowest BCUT2D eigenvalue weighted by Gasteiger charge is -2.06. The molecule has 0 saturated heterocycles. The van der Waals surface area contributed by atoms with E-state index in [9.17, 15) is 22.0 Å². The molecule has 0 heterocycles. The van der Waals surface area contributed by atoms with Crippen molar-refractivity contribution in [2.24, 2.45) is 5.14 Å². The van der Waals surface area contributed by atoms with Gasteiger partial charge in [-0.25, -0.2) is 22.3 Å². The molecular formula is C11H14F2N2O3S. The number of nitrogens with one attached hydrogen (secondary N) is 1. The predicted octanol–water partition coefficient (Wildman–Crippen LogP) is 0.302. The van der Waals surface area contributed by atoms with Crippen LogP contribution in [-0.4, -0.2) is 26.6 Å². The Labute approximate surface area is 109 Å². The predicted molar refractivity (Wildman–Crippen MR) is 65.7 cm³/mol. The summed E-state index contributed by atoms with van der Waals surface area (Å²) in [5, 5.41) is 7.18. The molecule has 0 aliphatic carbocycles. The Bertz CT molecular complexity index is 561. The molecule has 0 aliphatic rings. The summed E-state index contributed by atoms with van der Waals surface area (Å²) >= 11 is 0. The maximum absolute atomic E-state index is 13.3. The van der Waals surface area contributed by atoms with Crippen molar-refractivity contribution in [3.05, 3.63) is 35.4 Å². The smallest absolute Gasteiger partial charge is 0.224 e. The van der Waals surface area contributed by atoms with Crippen LogP contribution in [0.2, 0.25) is 0 Å². The van der Waals surface area contributed by atoms with Gasteiger partial charge in [-0.3, -0.25) is 4.79 Å². The summed E-state index contributed by atoms with van der Waals surface area (Å²) in [5.41, 5.74) is -0.0519. The second-order valence-corrected chi connectivity index (χ2v) is 5.69. The molecule has 0 saturated carbocycles. The van der Waals surface area contributed by atoms with Crippen molar-refractivity contribution in [3.63, 3.8) is 0 Å². The maximum atomic E-state index is 13.3. The lowest BCUT2D eigenvalue weighted by Crippen LogP contribution is -2.28. The summed E-state index contributed by atoms with van der Waals surface area (Å²) in [4.78, 5) is 11.4. The Morgan fingerprint density at radius 3 is 2.63 bits per heavy atom. The van der Waals surface area contributed by atoms with Gasteiger partial charge in [0, 0.05) is 12.1 Å². The molecular weight excluding hydrogens is 278 g/mol. The van der Waals surface area contributed by atoms with Crippen molar-refractivity contribution < 1.29 is 22.0 Å². The zero-order chi connectivity index (χ0) is 14.5. The normalized spacial score (nSPS) is 11.3. The maximum Gasteiger partial charge on any atom is 0.224 e. The van der Waals surface area contributed by atoms with Gasteiger partial charge in [-0.15, -0.1) is 0 Å². The Hall–Kier alpha value is -1.54. The fourth-order valence-electron chi connectivity index (χ4n) is 1.42. The van der Waals surface area contributed by atoms with E-state index in [1.807, 2.05) is 0 Å². The molecule has 106 valence electrons. The number of sulfonamides is 1. The van der Waals surface area contributed by atoms with Crippen LogP contribution in [0.5, 0.6) is 0 Å². The highest BCUT2D eigenvalue weighted by molar-refractivity contribution is 7.89. The van der Waals surface area contributed by atoms with Crippen LogP contribution in [0.15, 0.2) is 18.2 Å². The second kappa shape index (κ2) is 6.58. The zero-order valence-corrected chi connectivity index (χ0v) is 10.8. The number of hydrogen-bond acceptors (Lipinski definition) is 3. The van der Waals surface area contributed by atoms with Gasteiger partial charge in [-0.05, 0) is 12.5 Å². The third-order valence-corrected chi connectivity index (χ3v) is 3.17. The molecule has 3 N–H and O–H groups in total. The quantitative estimate of drug-likeness (QED) is 0.739. The van der Waals surface area contributed by atoms with Crippen molar-refractivity contribution in [1.82, 2.24) is 5.32 Å². The average molecular weight is 292 g/mol. The minimum atomic E-state index is -3.55. The highest BCUT2D eigenvalue weighted by atomic mass is 32.2. The third-order valence-electron chi connectivity index (χ3n) is 2.31. The van der Waals surface area contributed by atoms with Crippen molar-refractivity contribution in [3.8, 4) is 0 Å². The molecule has 5 nitrogen and oxygen atoms in total. The Balaban J connectivity index is 2.42. The molecule has 0 fully saturated rings. The number of benzene rings is 1. The zero-order valence-electron chi connectivity index (χ0n) is 10.0. The molecule has 1 rings (SSSR count). The number of rotatable bonds is 6. The molecule has 0 unspecified atom stereocenters. The third kappa shape index (κ3) is 5.75. The van der Waals surface area contributed by atoms with Crippen LogP contribution in [0.25, 0.3) is 0 Å². The largest absolute Gasteiger partial charge is 0.356 e. The van der Waals surface area contributed by atoms with Crippen LogP contribution in [-0.2, 0) is 21.2 Å². The molecule has 0 aromatic heterocycles. The van der Waals surface area contributed by atoms with E-state index in [1.54, 1.807) is 0 Å². The van der Waals surface area contributed by atoms with E-state index in [4.69, 9.17) is 5.14 Å². The van der Waals surface area contributed by atoms with E-state index in [2.05, 4.69) is 5.32 Å². The van der Waals surface area contributed by atoms with Crippen LogP contribution in [0.1, 0.15) is 12.0 Å². The Morgan fingerprint density at radius 1 is 1.32 bits per heavy atom. The fraction of sp³-hybridized carbons (Fsp3) is 0.364. The number of hydrogen-bond donors (Lipinski definition) is 2. The minimum absolute atomic E-state index is 0.0519. The highest BCUT2D eigenvalue weighted by Gasteiger charge is 2.11. The topological polar surface area (TPSA) is 89.3 Å². The van der Waals surface area contributed by atoms with Gasteiger partial charge in [-0.2, -0.15) is 0 Å². The highest BCUT2D eigenvalue weighted by Crippen LogP contribution is 2.11. The van der Waals surface area contributed by atoms with Gasteiger partial charge in [-0.1, -0.05) is 12.1 Å². The van der Waals surface area contributed by atoms with Gasteiger partial charge < -0.3 is 5.32 Å². The van der Waals surface area contributed by atoms with E-state index in [1.165, 1.54) is 12.1 Å². The molecule has 0 radical (unpaired) electrons. The molecule has 19 heavy (non-hydrogen) atoms. The van der Waals surface area contributed by atoms with Crippen LogP contribution >= 0.6 is 0 Å². The first kappa shape index (κ1) is 15.5. The molecule has 0 atom stereocenters. The minimum Gasteiger partial charge on any atom is -0.356 e. The van der Waals surface area contributed by atoms with Gasteiger partial charge in [0.05, 0.1) is 12.2 Å². The van der Waals surface area contributed by atoms with E-state index in [0.29, 0.717) is 0 Å². The average Bonchev–Trinajstić information content (AvgIpc) is 2.29. The Kier molecular flexibility index (Phi) is 5.37. The number of carbonyl (C=O) groups is 1.